The number of benzene rings is 3. The van der Waals surface area contributed by atoms with Gasteiger partial charge in [0.15, 0.2) is 0 Å². The van der Waals surface area contributed by atoms with Crippen LogP contribution in [0.15, 0.2) is 54.6 Å². The Morgan fingerprint density at radius 2 is 1.00 bits per heavy atom. The minimum atomic E-state index is 0.425. The van der Waals surface area contributed by atoms with Gasteiger partial charge in [-0.1, -0.05) is 34.8 Å². The quantitative estimate of drug-likeness (QED) is 0.502. The van der Waals surface area contributed by atoms with Crippen LogP contribution in [0.5, 0.6) is 23.0 Å². The third-order valence-corrected chi connectivity index (χ3v) is 4.16. The van der Waals surface area contributed by atoms with Gasteiger partial charge in [0, 0.05) is 23.2 Å². The molecule has 0 amide bonds. The summed E-state index contributed by atoms with van der Waals surface area (Å²) in [5.41, 5.74) is 12.4. The predicted octanol–water partition coefficient (Wildman–Crippen LogP) is 6.40. The van der Waals surface area contributed by atoms with Crippen molar-refractivity contribution in [2.24, 2.45) is 0 Å². The van der Waals surface area contributed by atoms with E-state index in [0.717, 1.165) is 0 Å². The highest BCUT2D eigenvalue weighted by molar-refractivity contribution is 6.33. The molecule has 0 aromatic heterocycles. The van der Waals surface area contributed by atoms with Gasteiger partial charge in [-0.15, -0.1) is 0 Å². The van der Waals surface area contributed by atoms with Crippen molar-refractivity contribution < 1.29 is 9.47 Å². The Bertz CT molecular complexity index is 860. The lowest BCUT2D eigenvalue weighted by atomic mass is 10.3. The van der Waals surface area contributed by atoms with Gasteiger partial charge in [0.2, 0.25) is 0 Å². The normalized spacial score (nSPS) is 10.5. The van der Waals surface area contributed by atoms with E-state index >= 15 is 0 Å². The summed E-state index contributed by atoms with van der Waals surface area (Å²) in [4.78, 5) is 0. The number of hydrogen-bond donors (Lipinski definition) is 2. The Labute approximate surface area is 159 Å². The van der Waals surface area contributed by atoms with Gasteiger partial charge < -0.3 is 20.9 Å². The number of anilines is 2. The van der Waals surface area contributed by atoms with E-state index in [0.29, 0.717) is 49.4 Å². The van der Waals surface area contributed by atoms with E-state index in [1.807, 2.05) is 0 Å². The van der Waals surface area contributed by atoms with Crippen molar-refractivity contribution in [1.29, 1.82) is 0 Å². The molecule has 3 aromatic rings. The van der Waals surface area contributed by atoms with E-state index in [-0.39, 0.29) is 0 Å². The summed E-state index contributed by atoms with van der Waals surface area (Å²) in [6.07, 6.45) is 0. The summed E-state index contributed by atoms with van der Waals surface area (Å²) in [6, 6.07) is 15.0. The number of halogens is 3. The fraction of sp³-hybridized carbons (Fsp3) is 0. The van der Waals surface area contributed by atoms with Gasteiger partial charge in [0.05, 0.1) is 21.4 Å². The van der Waals surface area contributed by atoms with Crippen molar-refractivity contribution >= 4 is 46.2 Å². The molecule has 0 saturated carbocycles. The average Bonchev–Trinajstić information content (AvgIpc) is 2.54. The van der Waals surface area contributed by atoms with Crippen molar-refractivity contribution in [3.63, 3.8) is 0 Å². The molecule has 4 nitrogen and oxygen atoms in total. The van der Waals surface area contributed by atoms with Crippen LogP contribution in [-0.4, -0.2) is 0 Å². The molecule has 0 bridgehead atoms. The monoisotopic (exact) mass is 394 g/mol. The van der Waals surface area contributed by atoms with Gasteiger partial charge in [-0.3, -0.25) is 0 Å². The Balaban J connectivity index is 1.84. The molecule has 7 heteroatoms. The molecule has 3 rings (SSSR count). The SMILES string of the molecule is Nc1cc(Oc2cc(Cl)cc(Oc3ccc(Cl)c(N)c3)c2)ccc1Cl. The van der Waals surface area contributed by atoms with Crippen LogP contribution in [0, 0.1) is 0 Å². The highest BCUT2D eigenvalue weighted by Gasteiger charge is 2.07. The fourth-order valence-electron chi connectivity index (χ4n) is 2.10. The number of ether oxygens (including phenoxy) is 2. The summed E-state index contributed by atoms with van der Waals surface area (Å²) < 4.78 is 11.5. The number of rotatable bonds is 4. The highest BCUT2D eigenvalue weighted by Crippen LogP contribution is 2.34. The van der Waals surface area contributed by atoms with Crippen molar-refractivity contribution in [1.82, 2.24) is 0 Å². The van der Waals surface area contributed by atoms with Crippen LogP contribution in [0.4, 0.5) is 11.4 Å². The molecule has 25 heavy (non-hydrogen) atoms. The van der Waals surface area contributed by atoms with Crippen LogP contribution in [0.3, 0.4) is 0 Å². The van der Waals surface area contributed by atoms with Gasteiger partial charge >= 0.3 is 0 Å². The predicted molar refractivity (Wildman–Crippen MR) is 103 cm³/mol. The zero-order valence-electron chi connectivity index (χ0n) is 12.8. The number of hydrogen-bond acceptors (Lipinski definition) is 4. The van der Waals surface area contributed by atoms with Crippen LogP contribution in [-0.2, 0) is 0 Å². The van der Waals surface area contributed by atoms with Crippen molar-refractivity contribution in [3.8, 4) is 23.0 Å². The Kier molecular flexibility index (Phi) is 5.13. The summed E-state index contributed by atoms with van der Waals surface area (Å²) in [5, 5.41) is 1.38. The lowest BCUT2D eigenvalue weighted by Crippen LogP contribution is -1.91. The Morgan fingerprint density at radius 1 is 0.560 bits per heavy atom. The standard InChI is InChI=1S/C18H13Cl3N2O2/c19-10-5-13(24-11-1-3-15(20)17(22)8-11)7-14(6-10)25-12-2-4-16(21)18(23)9-12/h1-9H,22-23H2. The van der Waals surface area contributed by atoms with Gasteiger partial charge in [0.1, 0.15) is 23.0 Å². The summed E-state index contributed by atoms with van der Waals surface area (Å²) in [6.45, 7) is 0. The molecule has 0 fully saturated rings. The maximum atomic E-state index is 6.14. The van der Waals surface area contributed by atoms with Crippen molar-refractivity contribution in [2.75, 3.05) is 11.5 Å². The van der Waals surface area contributed by atoms with Crippen LogP contribution < -0.4 is 20.9 Å². The highest BCUT2D eigenvalue weighted by atomic mass is 35.5. The maximum Gasteiger partial charge on any atom is 0.132 e. The largest absolute Gasteiger partial charge is 0.457 e. The van der Waals surface area contributed by atoms with Crippen LogP contribution in [0.2, 0.25) is 15.1 Å². The third kappa shape index (κ3) is 4.42. The minimum absolute atomic E-state index is 0.425. The fourth-order valence-corrected chi connectivity index (χ4v) is 2.55. The molecule has 3 aromatic carbocycles. The van der Waals surface area contributed by atoms with Gasteiger partial charge in [-0.2, -0.15) is 0 Å². The van der Waals surface area contributed by atoms with E-state index in [9.17, 15) is 0 Å². The van der Waals surface area contributed by atoms with Crippen molar-refractivity contribution in [3.05, 3.63) is 69.7 Å². The van der Waals surface area contributed by atoms with Gasteiger partial charge in [0.25, 0.3) is 0 Å². The lowest BCUT2D eigenvalue weighted by Gasteiger charge is -2.11. The van der Waals surface area contributed by atoms with E-state index in [1.165, 1.54) is 0 Å². The average molecular weight is 396 g/mol. The molecule has 0 heterocycles. The summed E-state index contributed by atoms with van der Waals surface area (Å²) >= 11 is 18.0. The van der Waals surface area contributed by atoms with Crippen LogP contribution in [0.25, 0.3) is 0 Å². The lowest BCUT2D eigenvalue weighted by molar-refractivity contribution is 0.461. The van der Waals surface area contributed by atoms with E-state index in [4.69, 9.17) is 55.7 Å². The first-order chi connectivity index (χ1) is 11.9. The second-order valence-corrected chi connectivity index (χ2v) is 6.44. The summed E-state index contributed by atoms with van der Waals surface area (Å²) in [5.74, 6) is 2.05. The van der Waals surface area contributed by atoms with E-state index < -0.39 is 0 Å². The van der Waals surface area contributed by atoms with E-state index in [1.54, 1.807) is 54.6 Å². The topological polar surface area (TPSA) is 70.5 Å². The molecular formula is C18H13Cl3N2O2. The van der Waals surface area contributed by atoms with Gasteiger partial charge in [-0.25, -0.2) is 0 Å². The molecule has 4 N–H and O–H groups in total. The minimum Gasteiger partial charge on any atom is -0.457 e. The van der Waals surface area contributed by atoms with E-state index in [2.05, 4.69) is 0 Å². The molecule has 0 saturated heterocycles. The molecule has 0 unspecified atom stereocenters. The molecule has 0 aliphatic rings. The first-order valence-electron chi connectivity index (χ1n) is 7.17. The first kappa shape index (κ1) is 17.5. The zero-order valence-corrected chi connectivity index (χ0v) is 15.1. The second kappa shape index (κ2) is 7.31. The third-order valence-electron chi connectivity index (χ3n) is 3.25. The van der Waals surface area contributed by atoms with Gasteiger partial charge in [-0.05, 0) is 36.4 Å². The number of nitrogens with two attached hydrogens (primary N) is 2. The molecule has 0 radical (unpaired) electrons. The molecule has 0 aliphatic heterocycles. The second-order valence-electron chi connectivity index (χ2n) is 5.19. The Hall–Kier alpha value is -2.27. The smallest absolute Gasteiger partial charge is 0.132 e. The molecule has 128 valence electrons. The molecule has 0 spiro atoms. The Morgan fingerprint density at radius 3 is 1.40 bits per heavy atom. The molecule has 0 atom stereocenters. The first-order valence-corrected chi connectivity index (χ1v) is 8.30. The van der Waals surface area contributed by atoms with Crippen molar-refractivity contribution in [2.45, 2.75) is 0 Å². The zero-order chi connectivity index (χ0) is 18.0. The maximum absolute atomic E-state index is 6.14. The molecular weight excluding hydrogens is 383 g/mol. The number of nitrogen functional groups attached to an aromatic ring is 2. The van der Waals surface area contributed by atoms with Crippen LogP contribution >= 0.6 is 34.8 Å². The van der Waals surface area contributed by atoms with Crippen LogP contribution in [0.1, 0.15) is 0 Å². The summed E-state index contributed by atoms with van der Waals surface area (Å²) in [7, 11) is 0. The molecule has 0 aliphatic carbocycles.